The smallest absolute Gasteiger partial charge is 0.141 e. The van der Waals surface area contributed by atoms with Gasteiger partial charge in [0.25, 0.3) is 0 Å². The maximum Gasteiger partial charge on any atom is 0.141 e. The Bertz CT molecular complexity index is 404. The molecule has 2 aliphatic heterocycles. The molecule has 1 aromatic rings. The average Bonchev–Trinajstić information content (AvgIpc) is 2.79. The van der Waals surface area contributed by atoms with Crippen LogP contribution in [0.4, 0.5) is 5.82 Å². The van der Waals surface area contributed by atoms with Crippen LogP contribution in [0.2, 0.25) is 0 Å². The zero-order valence-corrected chi connectivity index (χ0v) is 10.9. The molecule has 0 saturated carbocycles. The van der Waals surface area contributed by atoms with E-state index in [9.17, 15) is 0 Å². The van der Waals surface area contributed by atoms with Gasteiger partial charge in [-0.25, -0.2) is 4.98 Å². The van der Waals surface area contributed by atoms with E-state index in [1.165, 1.54) is 25.9 Å². The van der Waals surface area contributed by atoms with Crippen molar-refractivity contribution < 1.29 is 0 Å². The number of rotatable bonds is 2. The first-order chi connectivity index (χ1) is 8.72. The van der Waals surface area contributed by atoms with Crippen molar-refractivity contribution in [2.24, 2.45) is 0 Å². The van der Waals surface area contributed by atoms with Gasteiger partial charge in [-0.15, -0.1) is 0 Å². The minimum Gasteiger partial charge on any atom is -0.382 e. The predicted molar refractivity (Wildman–Crippen MR) is 70.9 cm³/mol. The van der Waals surface area contributed by atoms with Gasteiger partial charge in [0.05, 0.1) is 18.1 Å². The van der Waals surface area contributed by atoms with Gasteiger partial charge in [-0.3, -0.25) is 14.8 Å². The van der Waals surface area contributed by atoms with Gasteiger partial charge in [0, 0.05) is 31.7 Å². The first kappa shape index (κ1) is 11.9. The summed E-state index contributed by atoms with van der Waals surface area (Å²) in [4.78, 5) is 13.6. The van der Waals surface area contributed by atoms with E-state index >= 15 is 0 Å². The highest BCUT2D eigenvalue weighted by Crippen LogP contribution is 2.25. The van der Waals surface area contributed by atoms with E-state index in [2.05, 4.69) is 26.7 Å². The molecule has 2 N–H and O–H groups in total. The number of piperazine rings is 1. The molecule has 0 spiro atoms. The Morgan fingerprint density at radius 1 is 1.33 bits per heavy atom. The molecular weight excluding hydrogens is 226 g/mol. The number of hydrogen-bond acceptors (Lipinski definition) is 5. The molecule has 1 aromatic heterocycles. The standard InChI is InChI=1S/C13H21N5/c1-10-7-17-4-2-3-12(17)9-18(10)8-11-5-16-13(14)6-15-11/h5-6,10,12H,2-4,7-9H2,1H3,(H2,14,16). The Morgan fingerprint density at radius 3 is 3.00 bits per heavy atom. The topological polar surface area (TPSA) is 58.3 Å². The number of fused-ring (bicyclic) bond motifs is 1. The summed E-state index contributed by atoms with van der Waals surface area (Å²) in [7, 11) is 0. The Kier molecular flexibility index (Phi) is 3.18. The van der Waals surface area contributed by atoms with Crippen molar-refractivity contribution in [2.75, 3.05) is 25.4 Å². The van der Waals surface area contributed by atoms with Crippen molar-refractivity contribution in [3.63, 3.8) is 0 Å². The summed E-state index contributed by atoms with van der Waals surface area (Å²) in [5.74, 6) is 0.493. The van der Waals surface area contributed by atoms with Crippen LogP contribution in [-0.4, -0.2) is 51.5 Å². The van der Waals surface area contributed by atoms with Crippen molar-refractivity contribution in [1.82, 2.24) is 19.8 Å². The summed E-state index contributed by atoms with van der Waals surface area (Å²) < 4.78 is 0. The number of hydrogen-bond donors (Lipinski definition) is 1. The van der Waals surface area contributed by atoms with Gasteiger partial charge in [-0.05, 0) is 26.3 Å². The summed E-state index contributed by atoms with van der Waals surface area (Å²) in [6.07, 6.45) is 6.14. The summed E-state index contributed by atoms with van der Waals surface area (Å²) in [5.41, 5.74) is 6.58. The lowest BCUT2D eigenvalue weighted by Gasteiger charge is -2.42. The third-order valence-corrected chi connectivity index (χ3v) is 4.16. The van der Waals surface area contributed by atoms with Gasteiger partial charge >= 0.3 is 0 Å². The normalized spacial score (nSPS) is 29.4. The van der Waals surface area contributed by atoms with Crippen LogP contribution in [0.15, 0.2) is 12.4 Å². The monoisotopic (exact) mass is 247 g/mol. The van der Waals surface area contributed by atoms with Gasteiger partial charge in [-0.1, -0.05) is 0 Å². The summed E-state index contributed by atoms with van der Waals surface area (Å²) in [5, 5.41) is 0. The minimum absolute atomic E-state index is 0.493. The van der Waals surface area contributed by atoms with Crippen molar-refractivity contribution >= 4 is 5.82 Å². The lowest BCUT2D eigenvalue weighted by Crippen LogP contribution is -2.54. The second kappa shape index (κ2) is 4.82. The van der Waals surface area contributed by atoms with Crippen LogP contribution in [0.5, 0.6) is 0 Å². The second-order valence-corrected chi connectivity index (χ2v) is 5.50. The molecule has 0 bridgehead atoms. The lowest BCUT2D eigenvalue weighted by molar-refractivity contribution is 0.0531. The van der Waals surface area contributed by atoms with Crippen LogP contribution >= 0.6 is 0 Å². The number of aromatic nitrogens is 2. The van der Waals surface area contributed by atoms with E-state index in [-0.39, 0.29) is 0 Å². The first-order valence-corrected chi connectivity index (χ1v) is 6.77. The fourth-order valence-corrected chi connectivity index (χ4v) is 3.12. The summed E-state index contributed by atoms with van der Waals surface area (Å²) in [6, 6.07) is 1.35. The summed E-state index contributed by atoms with van der Waals surface area (Å²) >= 11 is 0. The molecule has 2 saturated heterocycles. The lowest BCUT2D eigenvalue weighted by atomic mass is 10.1. The van der Waals surface area contributed by atoms with Gasteiger partial charge in [-0.2, -0.15) is 0 Å². The maximum absolute atomic E-state index is 5.56. The van der Waals surface area contributed by atoms with E-state index < -0.39 is 0 Å². The summed E-state index contributed by atoms with van der Waals surface area (Å²) in [6.45, 7) is 6.82. The molecule has 3 rings (SSSR count). The first-order valence-electron chi connectivity index (χ1n) is 6.77. The molecule has 0 radical (unpaired) electrons. The molecule has 18 heavy (non-hydrogen) atoms. The predicted octanol–water partition coefficient (Wildman–Crippen LogP) is 0.727. The van der Waals surface area contributed by atoms with Crippen molar-refractivity contribution in [3.8, 4) is 0 Å². The fraction of sp³-hybridized carbons (Fsp3) is 0.692. The Morgan fingerprint density at radius 2 is 2.22 bits per heavy atom. The molecule has 2 unspecified atom stereocenters. The quantitative estimate of drug-likeness (QED) is 0.835. The number of nitrogens with two attached hydrogens (primary N) is 1. The van der Waals surface area contributed by atoms with Crippen LogP contribution in [0.1, 0.15) is 25.5 Å². The van der Waals surface area contributed by atoms with Crippen LogP contribution in [-0.2, 0) is 6.54 Å². The molecule has 0 aliphatic carbocycles. The number of anilines is 1. The molecule has 98 valence electrons. The fourth-order valence-electron chi connectivity index (χ4n) is 3.12. The highest BCUT2D eigenvalue weighted by atomic mass is 15.3. The van der Waals surface area contributed by atoms with E-state index in [0.29, 0.717) is 11.9 Å². The van der Waals surface area contributed by atoms with E-state index in [0.717, 1.165) is 24.8 Å². The van der Waals surface area contributed by atoms with Crippen molar-refractivity contribution in [1.29, 1.82) is 0 Å². The third-order valence-electron chi connectivity index (χ3n) is 4.16. The van der Waals surface area contributed by atoms with Crippen LogP contribution in [0, 0.1) is 0 Å². The van der Waals surface area contributed by atoms with Gasteiger partial charge < -0.3 is 5.73 Å². The van der Waals surface area contributed by atoms with Crippen LogP contribution in [0.3, 0.4) is 0 Å². The maximum atomic E-state index is 5.56. The Labute approximate surface area is 108 Å². The van der Waals surface area contributed by atoms with Gasteiger partial charge in [0.1, 0.15) is 5.82 Å². The minimum atomic E-state index is 0.493. The van der Waals surface area contributed by atoms with Crippen molar-refractivity contribution in [3.05, 3.63) is 18.1 Å². The zero-order valence-electron chi connectivity index (χ0n) is 10.9. The zero-order chi connectivity index (χ0) is 12.5. The Hall–Kier alpha value is -1.20. The molecule has 2 atom stereocenters. The van der Waals surface area contributed by atoms with E-state index in [1.54, 1.807) is 12.4 Å². The molecule has 5 nitrogen and oxygen atoms in total. The molecular formula is C13H21N5. The largest absolute Gasteiger partial charge is 0.382 e. The highest BCUT2D eigenvalue weighted by Gasteiger charge is 2.34. The third kappa shape index (κ3) is 2.33. The Balaban J connectivity index is 1.66. The SMILES string of the molecule is CC1CN2CCCC2CN1Cc1cnc(N)cn1. The molecule has 0 amide bonds. The number of nitrogens with zero attached hydrogens (tertiary/aromatic N) is 4. The molecule has 2 fully saturated rings. The molecule has 5 heteroatoms. The van der Waals surface area contributed by atoms with Gasteiger partial charge in [0.15, 0.2) is 0 Å². The van der Waals surface area contributed by atoms with Crippen molar-refractivity contribution in [2.45, 2.75) is 38.4 Å². The van der Waals surface area contributed by atoms with Crippen LogP contribution < -0.4 is 5.73 Å². The van der Waals surface area contributed by atoms with E-state index in [1.807, 2.05) is 0 Å². The number of nitrogen functional groups attached to an aromatic ring is 1. The van der Waals surface area contributed by atoms with E-state index in [4.69, 9.17) is 5.73 Å². The average molecular weight is 247 g/mol. The molecule has 2 aliphatic rings. The second-order valence-electron chi connectivity index (χ2n) is 5.50. The van der Waals surface area contributed by atoms with Crippen LogP contribution in [0.25, 0.3) is 0 Å². The highest BCUT2D eigenvalue weighted by molar-refractivity contribution is 5.22. The van der Waals surface area contributed by atoms with Gasteiger partial charge in [0.2, 0.25) is 0 Å². The molecule has 3 heterocycles. The molecule has 0 aromatic carbocycles.